The fourth-order valence-electron chi connectivity index (χ4n) is 2.14. The zero-order valence-electron chi connectivity index (χ0n) is 9.83. The van der Waals surface area contributed by atoms with Crippen LogP contribution in [0.4, 0.5) is 8.78 Å². The van der Waals surface area contributed by atoms with Crippen LogP contribution in [0.2, 0.25) is 0 Å². The highest BCUT2D eigenvalue weighted by molar-refractivity contribution is 5.14. The third-order valence-corrected chi connectivity index (χ3v) is 2.92. The Bertz CT molecular complexity index is 341. The SMILES string of the molecule is FC1(F)CNCCCN(Cc2ccccc2)C1. The molecule has 1 fully saturated rings. The van der Waals surface area contributed by atoms with Gasteiger partial charge in [0, 0.05) is 6.54 Å². The van der Waals surface area contributed by atoms with E-state index in [4.69, 9.17) is 0 Å². The van der Waals surface area contributed by atoms with Crippen LogP contribution in [0, 0.1) is 0 Å². The molecule has 1 aromatic rings. The van der Waals surface area contributed by atoms with Crippen LogP contribution in [0.3, 0.4) is 0 Å². The minimum Gasteiger partial charge on any atom is -0.311 e. The van der Waals surface area contributed by atoms with Crippen molar-refractivity contribution in [1.29, 1.82) is 0 Å². The molecule has 0 aromatic heterocycles. The Balaban J connectivity index is 1.98. The van der Waals surface area contributed by atoms with Crippen LogP contribution in [0.15, 0.2) is 30.3 Å². The van der Waals surface area contributed by atoms with Crippen LogP contribution in [-0.4, -0.2) is 37.0 Å². The zero-order chi connectivity index (χ0) is 12.1. The molecule has 0 saturated carbocycles. The quantitative estimate of drug-likeness (QED) is 0.851. The van der Waals surface area contributed by atoms with Gasteiger partial charge in [-0.2, -0.15) is 0 Å². The second-order valence-corrected chi connectivity index (χ2v) is 4.58. The largest absolute Gasteiger partial charge is 0.311 e. The summed E-state index contributed by atoms with van der Waals surface area (Å²) in [5, 5.41) is 2.79. The number of alkyl halides is 2. The Hall–Kier alpha value is -1.00. The van der Waals surface area contributed by atoms with Crippen molar-refractivity contribution in [1.82, 2.24) is 10.2 Å². The van der Waals surface area contributed by atoms with Crippen LogP contribution in [-0.2, 0) is 6.54 Å². The van der Waals surface area contributed by atoms with Gasteiger partial charge in [0.05, 0.1) is 13.1 Å². The molecule has 1 aliphatic rings. The van der Waals surface area contributed by atoms with E-state index in [9.17, 15) is 8.78 Å². The van der Waals surface area contributed by atoms with Gasteiger partial charge in [-0.1, -0.05) is 30.3 Å². The van der Waals surface area contributed by atoms with Gasteiger partial charge in [-0.05, 0) is 25.1 Å². The van der Waals surface area contributed by atoms with Crippen LogP contribution in [0.5, 0.6) is 0 Å². The third kappa shape index (κ3) is 4.06. The Morgan fingerprint density at radius 1 is 1.24 bits per heavy atom. The van der Waals surface area contributed by atoms with Gasteiger partial charge in [0.2, 0.25) is 0 Å². The first-order chi connectivity index (χ1) is 8.16. The number of halogens is 2. The fourth-order valence-corrected chi connectivity index (χ4v) is 2.14. The normalized spacial score (nSPS) is 21.8. The molecule has 17 heavy (non-hydrogen) atoms. The van der Waals surface area contributed by atoms with E-state index < -0.39 is 5.92 Å². The average molecular weight is 240 g/mol. The van der Waals surface area contributed by atoms with Crippen molar-refractivity contribution in [3.05, 3.63) is 35.9 Å². The monoisotopic (exact) mass is 240 g/mol. The summed E-state index contributed by atoms with van der Waals surface area (Å²) in [6.07, 6.45) is 0.920. The lowest BCUT2D eigenvalue weighted by Gasteiger charge is -2.30. The second-order valence-electron chi connectivity index (χ2n) is 4.58. The van der Waals surface area contributed by atoms with Crippen LogP contribution >= 0.6 is 0 Å². The van der Waals surface area contributed by atoms with Crippen molar-refractivity contribution in [2.45, 2.75) is 18.9 Å². The summed E-state index contributed by atoms with van der Waals surface area (Å²) < 4.78 is 27.0. The summed E-state index contributed by atoms with van der Waals surface area (Å²) >= 11 is 0. The second kappa shape index (κ2) is 5.56. The Kier molecular flexibility index (Phi) is 4.07. The molecule has 2 nitrogen and oxygen atoms in total. The molecular weight excluding hydrogens is 222 g/mol. The van der Waals surface area contributed by atoms with Gasteiger partial charge >= 0.3 is 0 Å². The van der Waals surface area contributed by atoms with Crippen molar-refractivity contribution in [2.75, 3.05) is 26.2 Å². The smallest absolute Gasteiger partial charge is 0.272 e. The summed E-state index contributed by atoms with van der Waals surface area (Å²) in [6.45, 7) is 1.63. The Morgan fingerprint density at radius 2 is 2.00 bits per heavy atom. The van der Waals surface area contributed by atoms with E-state index in [1.165, 1.54) is 0 Å². The summed E-state index contributed by atoms with van der Waals surface area (Å²) in [5.41, 5.74) is 1.09. The highest BCUT2D eigenvalue weighted by Crippen LogP contribution is 2.17. The van der Waals surface area contributed by atoms with Crippen molar-refractivity contribution in [3.8, 4) is 0 Å². The molecular formula is C13H18F2N2. The van der Waals surface area contributed by atoms with Crippen molar-refractivity contribution < 1.29 is 8.78 Å². The molecule has 0 atom stereocenters. The topological polar surface area (TPSA) is 15.3 Å². The summed E-state index contributed by atoms with van der Waals surface area (Å²) in [4.78, 5) is 1.84. The molecule has 0 bridgehead atoms. The maximum absolute atomic E-state index is 13.5. The van der Waals surface area contributed by atoms with Gasteiger partial charge in [0.1, 0.15) is 0 Å². The standard InChI is InChI=1S/C13H18F2N2/c14-13(15)10-16-7-4-8-17(11-13)9-12-5-2-1-3-6-12/h1-3,5-6,16H,4,7-11H2. The highest BCUT2D eigenvalue weighted by atomic mass is 19.3. The molecule has 0 amide bonds. The van der Waals surface area contributed by atoms with E-state index in [0.717, 1.165) is 18.5 Å². The molecule has 0 unspecified atom stereocenters. The molecule has 0 spiro atoms. The minimum absolute atomic E-state index is 0.158. The maximum atomic E-state index is 13.5. The zero-order valence-corrected chi connectivity index (χ0v) is 9.83. The average Bonchev–Trinajstić information content (AvgIpc) is 2.27. The lowest BCUT2D eigenvalue weighted by atomic mass is 10.1. The lowest BCUT2D eigenvalue weighted by molar-refractivity contribution is -0.0382. The van der Waals surface area contributed by atoms with Gasteiger partial charge < -0.3 is 5.32 Å². The van der Waals surface area contributed by atoms with Crippen LogP contribution < -0.4 is 5.32 Å². The molecule has 94 valence electrons. The lowest BCUT2D eigenvalue weighted by Crippen LogP contribution is -2.46. The van der Waals surface area contributed by atoms with Crippen molar-refractivity contribution in [3.63, 3.8) is 0 Å². The Morgan fingerprint density at radius 3 is 2.76 bits per heavy atom. The van der Waals surface area contributed by atoms with E-state index in [-0.39, 0.29) is 13.1 Å². The number of hydrogen-bond donors (Lipinski definition) is 1. The summed E-state index contributed by atoms with van der Waals surface area (Å²) in [7, 11) is 0. The highest BCUT2D eigenvalue weighted by Gasteiger charge is 2.32. The summed E-state index contributed by atoms with van der Waals surface area (Å²) in [6, 6.07) is 9.79. The number of benzene rings is 1. The minimum atomic E-state index is -2.63. The summed E-state index contributed by atoms with van der Waals surface area (Å²) in [5.74, 6) is -2.63. The third-order valence-electron chi connectivity index (χ3n) is 2.92. The number of nitrogens with zero attached hydrogens (tertiary/aromatic N) is 1. The number of hydrogen-bond acceptors (Lipinski definition) is 2. The molecule has 4 heteroatoms. The first-order valence-corrected chi connectivity index (χ1v) is 6.01. The molecule has 1 saturated heterocycles. The molecule has 0 aliphatic carbocycles. The van der Waals surface area contributed by atoms with Gasteiger partial charge in [0.25, 0.3) is 5.92 Å². The van der Waals surface area contributed by atoms with Crippen molar-refractivity contribution >= 4 is 0 Å². The predicted octanol–water partition coefficient (Wildman–Crippen LogP) is 2.12. The van der Waals surface area contributed by atoms with Gasteiger partial charge in [0.15, 0.2) is 0 Å². The molecule has 1 N–H and O–H groups in total. The molecule has 1 aromatic carbocycles. The predicted molar refractivity (Wildman–Crippen MR) is 64.2 cm³/mol. The number of nitrogens with one attached hydrogen (secondary N) is 1. The van der Waals surface area contributed by atoms with Crippen LogP contribution in [0.25, 0.3) is 0 Å². The fraction of sp³-hybridized carbons (Fsp3) is 0.538. The Labute approximate surface area is 101 Å². The molecule has 0 radical (unpaired) electrons. The van der Waals surface area contributed by atoms with Crippen molar-refractivity contribution in [2.24, 2.45) is 0 Å². The van der Waals surface area contributed by atoms with Gasteiger partial charge in [-0.15, -0.1) is 0 Å². The van der Waals surface area contributed by atoms with E-state index in [1.54, 1.807) is 0 Å². The van der Waals surface area contributed by atoms with E-state index in [2.05, 4.69) is 5.32 Å². The van der Waals surface area contributed by atoms with E-state index in [0.29, 0.717) is 13.1 Å². The molecule has 2 rings (SSSR count). The number of rotatable bonds is 2. The van der Waals surface area contributed by atoms with E-state index in [1.807, 2.05) is 35.2 Å². The molecule has 1 aliphatic heterocycles. The van der Waals surface area contributed by atoms with Gasteiger partial charge in [-0.25, -0.2) is 8.78 Å². The maximum Gasteiger partial charge on any atom is 0.272 e. The molecule has 1 heterocycles. The first-order valence-electron chi connectivity index (χ1n) is 6.01. The van der Waals surface area contributed by atoms with Gasteiger partial charge in [-0.3, -0.25) is 4.90 Å². The van der Waals surface area contributed by atoms with E-state index >= 15 is 0 Å². The van der Waals surface area contributed by atoms with Crippen LogP contribution in [0.1, 0.15) is 12.0 Å². The first kappa shape index (κ1) is 12.5.